The minimum absolute atomic E-state index is 0. The smallest absolute Gasteiger partial charge is 0.193 e. The van der Waals surface area contributed by atoms with Gasteiger partial charge in [-0.05, 0) is 55.5 Å². The van der Waals surface area contributed by atoms with Gasteiger partial charge >= 0.3 is 0 Å². The lowest BCUT2D eigenvalue weighted by atomic mass is 10.0. The highest BCUT2D eigenvalue weighted by Crippen LogP contribution is 2.25. The average Bonchev–Trinajstić information content (AvgIpc) is 2.68. The van der Waals surface area contributed by atoms with Crippen molar-refractivity contribution >= 4 is 16.7 Å². The molecule has 0 heterocycles. The first-order valence-electron chi connectivity index (χ1n) is 8.64. The molecule has 3 N–H and O–H groups in total. The van der Waals surface area contributed by atoms with Crippen molar-refractivity contribution in [3.63, 3.8) is 0 Å². The van der Waals surface area contributed by atoms with Gasteiger partial charge in [-0.25, -0.2) is 0 Å². The van der Waals surface area contributed by atoms with E-state index in [1.165, 1.54) is 0 Å². The number of carbonyl (C=O) groups is 1. The van der Waals surface area contributed by atoms with E-state index in [2.05, 4.69) is 0 Å². The number of methoxy groups -OCH3 is 1. The first-order chi connectivity index (χ1) is 13.7. The molecule has 186 valence electrons. The lowest BCUT2D eigenvalue weighted by molar-refractivity contribution is 0.103. The van der Waals surface area contributed by atoms with E-state index in [0.717, 1.165) is 17.6 Å². The number of ether oxygens (including phenoxy) is 2. The van der Waals surface area contributed by atoms with Crippen LogP contribution < -0.4 is 9.47 Å². The summed E-state index contributed by atoms with van der Waals surface area (Å²) < 4.78 is 34.0. The number of aryl methyl sites for hydroxylation is 1. The van der Waals surface area contributed by atoms with Crippen molar-refractivity contribution in [1.29, 1.82) is 0 Å². The number of rotatable bonds is 5. The zero-order valence-electron chi connectivity index (χ0n) is 16.4. The molecule has 33 heavy (non-hydrogen) atoms. The molecule has 7 heteroatoms. The lowest BCUT2D eigenvalue weighted by Crippen LogP contribution is -2.00. The maximum Gasteiger partial charge on any atom is 0.193 e. The molecule has 3 aromatic rings. The molecule has 0 saturated carbocycles. The van der Waals surface area contributed by atoms with Gasteiger partial charge in [-0.1, -0.05) is 59.5 Å². The van der Waals surface area contributed by atoms with Gasteiger partial charge in [0.15, 0.2) is 5.78 Å². The van der Waals surface area contributed by atoms with Crippen LogP contribution in [0, 0.1) is 6.92 Å². The van der Waals surface area contributed by atoms with Crippen LogP contribution in [-0.2, 0) is 0 Å². The summed E-state index contributed by atoms with van der Waals surface area (Å²) >= 11 is 0. The molecule has 0 aliphatic rings. The number of benzene rings is 3. The molecule has 0 aliphatic heterocycles. The number of hydrogen-bond acceptors (Lipinski definition) is 6. The van der Waals surface area contributed by atoms with Crippen molar-refractivity contribution in [2.75, 3.05) is 13.4 Å². The Morgan fingerprint density at radius 1 is 0.667 bits per heavy atom. The zero-order valence-corrected chi connectivity index (χ0v) is 17.2. The van der Waals surface area contributed by atoms with Gasteiger partial charge in [-0.2, -0.15) is 0 Å². The maximum absolute atomic E-state index is 12.4. The summed E-state index contributed by atoms with van der Waals surface area (Å²) in [5.41, 5.74) is 2.46. The van der Waals surface area contributed by atoms with Crippen LogP contribution >= 0.6 is 10.9 Å². The van der Waals surface area contributed by atoms with E-state index in [1.807, 2.05) is 55.5 Å². The highest BCUT2D eigenvalue weighted by atomic mass is 32.3. The largest absolute Gasteiger partial charge is 0.497 e. The second kappa shape index (κ2) is 15.9. The molecule has 0 amide bonds. The van der Waals surface area contributed by atoms with Gasteiger partial charge in [0.05, 0.1) is 18.0 Å². The van der Waals surface area contributed by atoms with Crippen LogP contribution in [0.1, 0.15) is 51.2 Å². The Hall–Kier alpha value is -2.84. The van der Waals surface area contributed by atoms with E-state index in [1.54, 1.807) is 31.4 Å². The molecule has 0 spiro atoms. The van der Waals surface area contributed by atoms with Crippen molar-refractivity contribution in [1.82, 2.24) is 0 Å². The van der Waals surface area contributed by atoms with Gasteiger partial charge in [0, 0.05) is 17.4 Å². The van der Waals surface area contributed by atoms with Gasteiger partial charge in [0.2, 0.25) is 0 Å². The van der Waals surface area contributed by atoms with Crippen LogP contribution in [0.15, 0.2) is 72.8 Å². The van der Waals surface area contributed by atoms with E-state index >= 15 is 0 Å². The molecule has 0 bridgehead atoms. The topological polar surface area (TPSA) is 96.2 Å². The van der Waals surface area contributed by atoms with Crippen LogP contribution in [-0.4, -0.2) is 32.8 Å². The van der Waals surface area contributed by atoms with Gasteiger partial charge in [0.1, 0.15) is 17.2 Å². The molecule has 0 aliphatic carbocycles. The van der Waals surface area contributed by atoms with Gasteiger partial charge in [-0.3, -0.25) is 4.79 Å². The predicted octanol–water partition coefficient (Wildman–Crippen LogP) is 8.41. The zero-order chi connectivity index (χ0) is 21.4. The van der Waals surface area contributed by atoms with E-state index in [4.69, 9.17) is 23.1 Å². The fourth-order valence-corrected chi connectivity index (χ4v) is 2.33. The summed E-state index contributed by atoms with van der Waals surface area (Å²) in [6.45, 7) is 2.00. The summed E-state index contributed by atoms with van der Waals surface area (Å²) in [6.07, 6.45) is 0.938. The minimum Gasteiger partial charge on any atom is -0.497 e. The Labute approximate surface area is 201 Å². The molecule has 0 atom stereocenters. The lowest BCUT2D eigenvalue weighted by Gasteiger charge is -2.08. The van der Waals surface area contributed by atoms with Crippen molar-refractivity contribution in [3.8, 4) is 17.2 Å². The summed E-state index contributed by atoms with van der Waals surface area (Å²) in [6, 6.07) is 22.1. The van der Waals surface area contributed by atoms with Crippen LogP contribution in [0.4, 0.5) is 0 Å². The molecular weight excluding hydrogens is 440 g/mol. The third kappa shape index (κ3) is 12.7. The molecule has 3 aromatic carbocycles. The number of ketones is 1. The monoisotopic (exact) mass is 480 g/mol. The van der Waals surface area contributed by atoms with E-state index in [-0.39, 0.29) is 35.5 Å². The van der Waals surface area contributed by atoms with Crippen LogP contribution in [0.2, 0.25) is 0 Å². The molecule has 0 unspecified atom stereocenters. The van der Waals surface area contributed by atoms with E-state index in [9.17, 15) is 4.79 Å². The molecule has 0 aromatic heterocycles. The second-order valence-electron chi connectivity index (χ2n) is 6.29. The van der Waals surface area contributed by atoms with E-state index in [0.29, 0.717) is 22.6 Å². The highest BCUT2D eigenvalue weighted by molar-refractivity contribution is 8.18. The molecule has 0 radical (unpaired) electrons. The number of carbonyl (C=O) groups excluding carboxylic acids is 1. The first kappa shape index (κ1) is 34.8. The Morgan fingerprint density at radius 2 is 0.970 bits per heavy atom. The average molecular weight is 481 g/mol. The van der Waals surface area contributed by atoms with Crippen LogP contribution in [0.25, 0.3) is 0 Å². The first-order valence-corrected chi connectivity index (χ1v) is 10.6. The third-order valence-corrected chi connectivity index (χ3v) is 3.73. The molecule has 3 rings (SSSR count). The Bertz CT molecular complexity index is 909. The van der Waals surface area contributed by atoms with Gasteiger partial charge < -0.3 is 23.1 Å². The van der Waals surface area contributed by atoms with Crippen molar-refractivity contribution in [2.24, 2.45) is 0 Å². The normalized spacial score (nSPS) is 9.76. The molecule has 0 fully saturated rings. The van der Waals surface area contributed by atoms with Crippen molar-refractivity contribution < 1.29 is 27.9 Å². The third-order valence-electron chi connectivity index (χ3n) is 3.73. The summed E-state index contributed by atoms with van der Waals surface area (Å²) in [4.78, 5) is 12.4. The summed E-state index contributed by atoms with van der Waals surface area (Å²) in [7, 11) is -1.54. The quantitative estimate of drug-likeness (QED) is 0.317. The molecule has 6 nitrogen and oxygen atoms in total. The second-order valence-corrected chi connectivity index (χ2v) is 7.88. The molecule has 0 saturated heterocycles. The van der Waals surface area contributed by atoms with Crippen molar-refractivity contribution in [3.05, 3.63) is 89.5 Å². The summed E-state index contributed by atoms with van der Waals surface area (Å²) in [5, 5.41) is 0. The Balaban J connectivity index is -0.000000910. The standard InChI is InChI=1S/C21H18O3.CH6O3S.4CH4/c1-15-3-5-16(6-4-15)21(22)17-7-9-19(10-8-17)24-20-13-11-18(23-2)12-14-20;1-5(2,3)4;;;;/h3-14H,1-2H3;2-4H,1H3;4*1H4. The van der Waals surface area contributed by atoms with E-state index < -0.39 is 10.9 Å². The van der Waals surface area contributed by atoms with Crippen molar-refractivity contribution in [2.45, 2.75) is 36.6 Å². The van der Waals surface area contributed by atoms with Crippen LogP contribution in [0.3, 0.4) is 0 Å². The molecular formula is C26H40O6S. The fourth-order valence-electron chi connectivity index (χ4n) is 2.33. The van der Waals surface area contributed by atoms with Gasteiger partial charge in [-0.15, -0.1) is 0 Å². The maximum atomic E-state index is 12.4. The Morgan fingerprint density at radius 3 is 1.33 bits per heavy atom. The predicted molar refractivity (Wildman–Crippen MR) is 142 cm³/mol. The minimum atomic E-state index is -3.17. The highest BCUT2D eigenvalue weighted by Gasteiger charge is 2.09. The summed E-state index contributed by atoms with van der Waals surface area (Å²) in [5.74, 6) is 2.18. The van der Waals surface area contributed by atoms with Gasteiger partial charge in [0.25, 0.3) is 0 Å². The SMILES string of the molecule is C.C.C.C.COc1ccc(Oc2ccc(C(=O)c3ccc(C)cc3)cc2)cc1.CS(O)(O)O. The number of hydrogen-bond donors (Lipinski definition) is 3. The van der Waals surface area contributed by atoms with Crippen LogP contribution in [0.5, 0.6) is 17.2 Å². The Kier molecular flexibility index (Phi) is 16.7. The fraction of sp³-hybridized carbons (Fsp3) is 0.269.